The molecule has 0 saturated heterocycles. The minimum Gasteiger partial charge on any atom is -0.469 e. The molecule has 0 bridgehead atoms. The van der Waals surface area contributed by atoms with Gasteiger partial charge in [0.1, 0.15) is 0 Å². The lowest BCUT2D eigenvalue weighted by atomic mass is 9.86. The van der Waals surface area contributed by atoms with Crippen molar-refractivity contribution in [2.75, 3.05) is 7.11 Å². The maximum absolute atomic E-state index is 13.1. The van der Waals surface area contributed by atoms with Gasteiger partial charge in [-0.05, 0) is 61.6 Å². The van der Waals surface area contributed by atoms with Crippen LogP contribution in [0.15, 0.2) is 47.5 Å². The molecule has 1 aliphatic rings. The normalized spacial score (nSPS) is 19.4. The molecule has 0 unspecified atom stereocenters. The Morgan fingerprint density at radius 1 is 1.15 bits per heavy atom. The first kappa shape index (κ1) is 23.7. The minimum absolute atomic E-state index is 0.100. The Balaban J connectivity index is 1.76. The van der Waals surface area contributed by atoms with Gasteiger partial charge < -0.3 is 19.4 Å². The van der Waals surface area contributed by atoms with Crippen molar-refractivity contribution in [3.05, 3.63) is 64.8 Å². The van der Waals surface area contributed by atoms with Gasteiger partial charge in [0.05, 0.1) is 36.2 Å². The van der Waals surface area contributed by atoms with Gasteiger partial charge in [0.2, 0.25) is 5.62 Å². The summed E-state index contributed by atoms with van der Waals surface area (Å²) in [5, 5.41) is 9.57. The van der Waals surface area contributed by atoms with Crippen molar-refractivity contribution in [1.29, 1.82) is 0 Å². The van der Waals surface area contributed by atoms with Crippen molar-refractivity contribution < 1.29 is 32.6 Å². The molecule has 2 N–H and O–H groups in total. The number of carbonyl (C=O) groups is 2. The molecule has 0 aliphatic heterocycles. The number of amides is 1. The molecular formula is C24H24F3N3O4. The molecule has 1 aliphatic carbocycles. The number of benzene rings is 2. The van der Waals surface area contributed by atoms with E-state index in [2.05, 4.69) is 9.98 Å². The van der Waals surface area contributed by atoms with Crippen molar-refractivity contribution in [1.82, 2.24) is 9.55 Å². The Morgan fingerprint density at radius 2 is 1.88 bits per heavy atom. The lowest BCUT2D eigenvalue weighted by molar-refractivity contribution is -0.146. The zero-order valence-corrected chi connectivity index (χ0v) is 18.4. The second-order valence-corrected chi connectivity index (χ2v) is 8.35. The summed E-state index contributed by atoms with van der Waals surface area (Å²) < 4.78 is 45.9. The number of esters is 1. The summed E-state index contributed by atoms with van der Waals surface area (Å²) in [4.78, 5) is 32.0. The highest BCUT2D eigenvalue weighted by atomic mass is 19.4. The van der Waals surface area contributed by atoms with E-state index in [4.69, 9.17) is 4.74 Å². The van der Waals surface area contributed by atoms with Crippen molar-refractivity contribution >= 4 is 22.9 Å². The Labute approximate surface area is 192 Å². The lowest BCUT2D eigenvalue weighted by Crippen LogP contribution is -2.30. The average molecular weight is 475 g/mol. The first-order valence-corrected chi connectivity index (χ1v) is 10.9. The Kier molecular flexibility index (Phi) is 6.60. The van der Waals surface area contributed by atoms with Crippen LogP contribution < -0.4 is 5.62 Å². The summed E-state index contributed by atoms with van der Waals surface area (Å²) in [5.74, 6) is -1.26. The van der Waals surface area contributed by atoms with Crippen molar-refractivity contribution in [3.8, 4) is 0 Å². The summed E-state index contributed by atoms with van der Waals surface area (Å²) in [7, 11) is 1.36. The van der Waals surface area contributed by atoms with Gasteiger partial charge in [-0.25, -0.2) is 0 Å². The van der Waals surface area contributed by atoms with Crippen LogP contribution >= 0.6 is 0 Å². The third kappa shape index (κ3) is 4.77. The van der Waals surface area contributed by atoms with E-state index in [1.54, 1.807) is 18.2 Å². The van der Waals surface area contributed by atoms with Gasteiger partial charge in [-0.1, -0.05) is 12.1 Å². The Hall–Kier alpha value is -3.40. The van der Waals surface area contributed by atoms with E-state index in [1.165, 1.54) is 19.2 Å². The Morgan fingerprint density at radius 3 is 2.53 bits per heavy atom. The number of carbonyl (C=O) groups excluding carboxylic acids is 2. The smallest absolute Gasteiger partial charge is 0.416 e. The third-order valence-corrected chi connectivity index (χ3v) is 6.22. The predicted octanol–water partition coefficient (Wildman–Crippen LogP) is 4.13. The minimum atomic E-state index is -4.57. The molecule has 180 valence electrons. The summed E-state index contributed by atoms with van der Waals surface area (Å²) in [6, 6.07) is 9.32. The van der Waals surface area contributed by atoms with Gasteiger partial charge in [0.25, 0.3) is 5.91 Å². The third-order valence-electron chi connectivity index (χ3n) is 6.22. The molecule has 0 spiro atoms. The molecule has 0 atom stereocenters. The molecule has 1 heterocycles. The molecule has 1 aromatic heterocycles. The SMILES string of the molecule is COC(=O)[C@H]1CC[C@@H](n2/c(=N/C(=O)c3cccc(C(F)(F)F)c3)[nH]c3ccc(CO)cc32)CC1. The number of aromatic amines is 1. The van der Waals surface area contributed by atoms with Crippen LogP contribution in [0, 0.1) is 5.92 Å². The molecule has 4 rings (SSSR count). The molecule has 7 nitrogen and oxygen atoms in total. The van der Waals surface area contributed by atoms with Gasteiger partial charge >= 0.3 is 12.1 Å². The quantitative estimate of drug-likeness (QED) is 0.555. The number of hydrogen-bond donors (Lipinski definition) is 2. The number of nitrogens with zero attached hydrogens (tertiary/aromatic N) is 2. The van der Waals surface area contributed by atoms with E-state index < -0.39 is 17.6 Å². The number of ether oxygens (including phenoxy) is 1. The summed E-state index contributed by atoms with van der Waals surface area (Å²) in [6.45, 7) is -0.175. The number of fused-ring (bicyclic) bond motifs is 1. The molecule has 0 radical (unpaired) electrons. The number of hydrogen-bond acceptors (Lipinski definition) is 4. The second-order valence-electron chi connectivity index (χ2n) is 8.35. The van der Waals surface area contributed by atoms with E-state index in [-0.39, 0.29) is 35.7 Å². The number of imidazole rings is 1. The van der Waals surface area contributed by atoms with E-state index in [0.717, 1.165) is 12.1 Å². The number of methoxy groups -OCH3 is 1. The average Bonchev–Trinajstić information content (AvgIpc) is 3.19. The molecule has 1 saturated carbocycles. The molecule has 10 heteroatoms. The highest BCUT2D eigenvalue weighted by molar-refractivity contribution is 5.95. The van der Waals surface area contributed by atoms with Gasteiger partial charge in [-0.3, -0.25) is 9.59 Å². The van der Waals surface area contributed by atoms with E-state index in [9.17, 15) is 27.9 Å². The first-order chi connectivity index (χ1) is 16.2. The second kappa shape index (κ2) is 9.46. The van der Waals surface area contributed by atoms with Gasteiger partial charge in [0, 0.05) is 11.6 Å². The largest absolute Gasteiger partial charge is 0.469 e. The summed E-state index contributed by atoms with van der Waals surface area (Å²) in [6.07, 6.45) is -2.13. The van der Waals surface area contributed by atoms with Crippen LogP contribution in [0.5, 0.6) is 0 Å². The Bertz CT molecular complexity index is 1280. The number of nitrogens with one attached hydrogen (secondary N) is 1. The van der Waals surface area contributed by atoms with E-state index in [0.29, 0.717) is 42.3 Å². The maximum atomic E-state index is 13.1. The fraction of sp³-hybridized carbons (Fsp3) is 0.375. The fourth-order valence-electron chi connectivity index (χ4n) is 4.45. The standard InChI is InChI=1S/C24H24F3N3O4/c1-34-22(33)15-6-8-18(9-7-15)30-20-11-14(13-31)5-10-19(20)28-23(30)29-21(32)16-3-2-4-17(12-16)24(25,26)27/h2-5,10-12,15,18,31H,6-9,13H2,1H3,(H,28,29,32)/t15-,18+. The van der Waals surface area contributed by atoms with Crippen LogP contribution in [0.4, 0.5) is 13.2 Å². The molecule has 34 heavy (non-hydrogen) atoms. The number of halogens is 3. The van der Waals surface area contributed by atoms with E-state index in [1.807, 2.05) is 4.57 Å². The molecular weight excluding hydrogens is 451 g/mol. The number of H-pyrrole nitrogens is 1. The van der Waals surface area contributed by atoms with Crippen LogP contribution in [0.3, 0.4) is 0 Å². The van der Waals surface area contributed by atoms with Crippen molar-refractivity contribution in [2.24, 2.45) is 10.9 Å². The number of rotatable bonds is 4. The highest BCUT2D eigenvalue weighted by Gasteiger charge is 2.31. The van der Waals surface area contributed by atoms with Crippen molar-refractivity contribution in [2.45, 2.75) is 44.5 Å². The van der Waals surface area contributed by atoms with Crippen molar-refractivity contribution in [3.63, 3.8) is 0 Å². The number of aliphatic hydroxyl groups excluding tert-OH is 1. The molecule has 3 aromatic rings. The summed E-state index contributed by atoms with van der Waals surface area (Å²) >= 11 is 0. The monoisotopic (exact) mass is 475 g/mol. The lowest BCUT2D eigenvalue weighted by Gasteiger charge is -2.28. The zero-order valence-electron chi connectivity index (χ0n) is 18.4. The van der Waals surface area contributed by atoms with E-state index >= 15 is 0 Å². The van der Waals surface area contributed by atoms with Crippen LogP contribution in [0.25, 0.3) is 11.0 Å². The van der Waals surface area contributed by atoms with Crippen LogP contribution in [0.1, 0.15) is 53.2 Å². The van der Waals surface area contributed by atoms with Gasteiger partial charge in [0.15, 0.2) is 0 Å². The molecule has 1 fully saturated rings. The molecule has 2 aromatic carbocycles. The summed E-state index contributed by atoms with van der Waals surface area (Å²) in [5.41, 5.74) is 1.15. The number of aromatic nitrogens is 2. The molecule has 1 amide bonds. The van der Waals surface area contributed by atoms with Gasteiger partial charge in [-0.2, -0.15) is 18.2 Å². The number of aliphatic hydroxyl groups is 1. The zero-order chi connectivity index (χ0) is 24.5. The van der Waals surface area contributed by atoms with Crippen LogP contribution in [-0.2, 0) is 22.3 Å². The topological polar surface area (TPSA) is 96.7 Å². The van der Waals surface area contributed by atoms with Crippen LogP contribution in [0.2, 0.25) is 0 Å². The number of alkyl halides is 3. The van der Waals surface area contributed by atoms with Gasteiger partial charge in [-0.15, -0.1) is 0 Å². The fourth-order valence-corrected chi connectivity index (χ4v) is 4.45. The highest BCUT2D eigenvalue weighted by Crippen LogP contribution is 2.34. The first-order valence-electron chi connectivity index (χ1n) is 10.9. The maximum Gasteiger partial charge on any atom is 0.416 e. The van der Waals surface area contributed by atoms with Crippen LogP contribution in [-0.4, -0.2) is 33.6 Å². The predicted molar refractivity (Wildman–Crippen MR) is 117 cm³/mol.